The first kappa shape index (κ1) is 32.5. The van der Waals surface area contributed by atoms with E-state index in [2.05, 4.69) is 10.3 Å². The molecule has 16 heteroatoms. The lowest BCUT2D eigenvalue weighted by Gasteiger charge is -2.15. The van der Waals surface area contributed by atoms with Crippen LogP contribution in [0.5, 0.6) is 5.75 Å². The maximum Gasteiger partial charge on any atom is 0.416 e. The molecule has 1 saturated heterocycles. The SMILES string of the molecule is COc1cc(C(=O)O)ccc1NC(=O)CCN1C(=O)C(=Cc2cccc(-c3cc(C(F)(F)F)cc(C(F)(F)F)c3)n2)SC1=S. The van der Waals surface area contributed by atoms with Crippen molar-refractivity contribution in [2.45, 2.75) is 18.8 Å². The molecule has 0 radical (unpaired) electrons. The number of pyridine rings is 1. The number of carboxylic acids is 1. The molecule has 1 fully saturated rings. The molecular weight excluding hydrogens is 636 g/mol. The summed E-state index contributed by atoms with van der Waals surface area (Å²) in [5.41, 5.74) is -3.36. The molecule has 1 aliphatic rings. The first-order valence-electron chi connectivity index (χ1n) is 12.3. The molecule has 3 aromatic rings. The van der Waals surface area contributed by atoms with Gasteiger partial charge in [0.25, 0.3) is 5.91 Å². The summed E-state index contributed by atoms with van der Waals surface area (Å²) >= 11 is 6.14. The summed E-state index contributed by atoms with van der Waals surface area (Å²) in [5.74, 6) is -2.18. The zero-order valence-electron chi connectivity index (χ0n) is 22.2. The average Bonchev–Trinajstić information content (AvgIpc) is 3.22. The number of ether oxygens (including phenoxy) is 1. The number of thiocarbonyl (C=S) groups is 1. The van der Waals surface area contributed by atoms with Gasteiger partial charge in [-0.15, -0.1) is 0 Å². The Balaban J connectivity index is 1.49. The van der Waals surface area contributed by atoms with E-state index in [9.17, 15) is 40.7 Å². The Hall–Kier alpha value is -4.44. The first-order chi connectivity index (χ1) is 20.6. The van der Waals surface area contributed by atoms with Crippen molar-refractivity contribution in [3.63, 3.8) is 0 Å². The number of halogens is 6. The van der Waals surface area contributed by atoms with Gasteiger partial charge in [-0.05, 0) is 54.6 Å². The van der Waals surface area contributed by atoms with Crippen LogP contribution in [0.1, 0.15) is 33.6 Å². The van der Waals surface area contributed by atoms with Crippen molar-refractivity contribution in [1.82, 2.24) is 9.88 Å². The number of nitrogens with zero attached hydrogens (tertiary/aromatic N) is 2. The molecule has 0 bridgehead atoms. The van der Waals surface area contributed by atoms with E-state index in [4.69, 9.17) is 22.1 Å². The fourth-order valence-corrected chi connectivity index (χ4v) is 5.27. The van der Waals surface area contributed by atoms with Gasteiger partial charge in [-0.2, -0.15) is 26.3 Å². The highest BCUT2D eigenvalue weighted by Crippen LogP contribution is 2.39. The quantitative estimate of drug-likeness (QED) is 0.156. The van der Waals surface area contributed by atoms with E-state index in [1.54, 1.807) is 0 Å². The monoisotopic (exact) mass is 655 g/mol. The molecule has 0 unspecified atom stereocenters. The smallest absolute Gasteiger partial charge is 0.416 e. The van der Waals surface area contributed by atoms with Crippen LogP contribution in [-0.4, -0.2) is 50.7 Å². The van der Waals surface area contributed by atoms with Gasteiger partial charge in [0.15, 0.2) is 0 Å². The average molecular weight is 656 g/mol. The summed E-state index contributed by atoms with van der Waals surface area (Å²) in [6, 6.07) is 9.01. The third kappa shape index (κ3) is 7.55. The molecule has 0 spiro atoms. The zero-order chi connectivity index (χ0) is 32.4. The summed E-state index contributed by atoms with van der Waals surface area (Å²) in [5, 5.41) is 11.7. The number of thioether (sulfide) groups is 1. The number of benzene rings is 2. The van der Waals surface area contributed by atoms with Crippen molar-refractivity contribution in [2.24, 2.45) is 0 Å². The number of carbonyl (C=O) groups excluding carboxylic acids is 2. The van der Waals surface area contributed by atoms with Crippen LogP contribution in [0.3, 0.4) is 0 Å². The molecule has 4 rings (SSSR count). The number of alkyl halides is 6. The van der Waals surface area contributed by atoms with E-state index in [0.29, 0.717) is 12.1 Å². The van der Waals surface area contributed by atoms with Crippen LogP contribution in [0, 0.1) is 0 Å². The summed E-state index contributed by atoms with van der Waals surface area (Å²) in [6.07, 6.45) is -8.98. The predicted molar refractivity (Wildman–Crippen MR) is 153 cm³/mol. The summed E-state index contributed by atoms with van der Waals surface area (Å²) in [6.45, 7) is -0.124. The molecule has 2 aromatic carbocycles. The molecule has 1 aliphatic heterocycles. The van der Waals surface area contributed by atoms with E-state index >= 15 is 0 Å². The van der Waals surface area contributed by atoms with Gasteiger partial charge in [-0.1, -0.05) is 30.0 Å². The van der Waals surface area contributed by atoms with Gasteiger partial charge in [-0.25, -0.2) is 9.78 Å². The topological polar surface area (TPSA) is 109 Å². The second-order valence-electron chi connectivity index (χ2n) is 9.09. The van der Waals surface area contributed by atoms with Crippen molar-refractivity contribution in [2.75, 3.05) is 19.0 Å². The lowest BCUT2D eigenvalue weighted by molar-refractivity contribution is -0.143. The number of carboxylic acid groups (broad SMARTS) is 1. The Kier molecular flexibility index (Phi) is 9.34. The number of rotatable bonds is 8. The van der Waals surface area contributed by atoms with Crippen LogP contribution < -0.4 is 10.1 Å². The van der Waals surface area contributed by atoms with Gasteiger partial charge in [0, 0.05) is 18.5 Å². The predicted octanol–water partition coefficient (Wildman–Crippen LogP) is 6.72. The minimum atomic E-state index is -5.03. The number of nitrogens with one attached hydrogen (secondary N) is 1. The Morgan fingerprint density at radius 3 is 2.30 bits per heavy atom. The first-order valence-corrected chi connectivity index (χ1v) is 13.5. The molecule has 2 N–H and O–H groups in total. The van der Waals surface area contributed by atoms with Gasteiger partial charge < -0.3 is 15.2 Å². The number of anilines is 1. The van der Waals surface area contributed by atoms with Crippen molar-refractivity contribution in [1.29, 1.82) is 0 Å². The van der Waals surface area contributed by atoms with E-state index in [-0.39, 0.29) is 56.6 Å². The Bertz CT molecular complexity index is 1660. The molecule has 0 atom stereocenters. The van der Waals surface area contributed by atoms with E-state index in [1.807, 2.05) is 0 Å². The Morgan fingerprint density at radius 1 is 1.05 bits per heavy atom. The molecular formula is C28H19F6N3O5S2. The van der Waals surface area contributed by atoms with Crippen molar-refractivity contribution in [3.8, 4) is 17.0 Å². The van der Waals surface area contributed by atoms with E-state index in [0.717, 1.165) is 16.7 Å². The van der Waals surface area contributed by atoms with Crippen LogP contribution in [0.15, 0.2) is 59.5 Å². The number of amides is 2. The Labute approximate surface area is 254 Å². The van der Waals surface area contributed by atoms with E-state index in [1.165, 1.54) is 49.6 Å². The molecule has 230 valence electrons. The molecule has 8 nitrogen and oxygen atoms in total. The lowest BCUT2D eigenvalue weighted by atomic mass is 10.0. The van der Waals surface area contributed by atoms with Crippen LogP contribution in [-0.2, 0) is 21.9 Å². The highest BCUT2D eigenvalue weighted by atomic mass is 32.2. The third-order valence-electron chi connectivity index (χ3n) is 6.09. The third-order valence-corrected chi connectivity index (χ3v) is 7.47. The number of hydrogen-bond acceptors (Lipinski definition) is 7. The second-order valence-corrected chi connectivity index (χ2v) is 10.8. The van der Waals surface area contributed by atoms with Crippen LogP contribution in [0.4, 0.5) is 32.0 Å². The fraction of sp³-hybridized carbons (Fsp3) is 0.179. The summed E-state index contributed by atoms with van der Waals surface area (Å²) in [4.78, 5) is 42.1. The molecule has 0 saturated carbocycles. The van der Waals surface area contributed by atoms with Crippen molar-refractivity contribution in [3.05, 3.63) is 81.9 Å². The largest absolute Gasteiger partial charge is 0.495 e. The molecule has 2 amide bonds. The van der Waals surface area contributed by atoms with Gasteiger partial charge >= 0.3 is 18.3 Å². The van der Waals surface area contributed by atoms with Crippen LogP contribution >= 0.6 is 24.0 Å². The van der Waals surface area contributed by atoms with Gasteiger partial charge in [-0.3, -0.25) is 14.5 Å². The summed E-state index contributed by atoms with van der Waals surface area (Å²) < 4.78 is 85.1. The van der Waals surface area contributed by atoms with Crippen LogP contribution in [0.25, 0.3) is 17.3 Å². The highest BCUT2D eigenvalue weighted by molar-refractivity contribution is 8.26. The van der Waals surface area contributed by atoms with Gasteiger partial charge in [0.1, 0.15) is 10.1 Å². The second kappa shape index (κ2) is 12.7. The fourth-order valence-electron chi connectivity index (χ4n) is 3.98. The molecule has 1 aromatic heterocycles. The van der Waals surface area contributed by atoms with E-state index < -0.39 is 46.8 Å². The van der Waals surface area contributed by atoms with Crippen molar-refractivity contribution < 1.29 is 50.6 Å². The maximum atomic E-state index is 13.3. The zero-order valence-corrected chi connectivity index (χ0v) is 23.9. The molecule has 0 aliphatic carbocycles. The summed E-state index contributed by atoms with van der Waals surface area (Å²) in [7, 11) is 1.30. The normalized spacial score (nSPS) is 14.7. The van der Waals surface area contributed by atoms with Crippen molar-refractivity contribution >= 4 is 57.8 Å². The number of aromatic carboxylic acids is 1. The van der Waals surface area contributed by atoms with Gasteiger partial charge in [0.2, 0.25) is 5.91 Å². The highest BCUT2D eigenvalue weighted by Gasteiger charge is 2.37. The standard InChI is InChI=1S/C28H19F6N3O5S2/c1-42-21-11-14(25(40)41)5-6-20(21)36-23(38)7-8-37-24(39)22(44-26(37)43)13-18-3-2-4-19(35-18)15-9-16(27(29,30)31)12-17(10-15)28(32,33)34/h2-6,9-13H,7-8H2,1H3,(H,36,38)(H,40,41). The number of aromatic nitrogens is 1. The van der Waals surface area contributed by atoms with Gasteiger partial charge in [0.05, 0.1) is 45.8 Å². The lowest BCUT2D eigenvalue weighted by Crippen LogP contribution is -2.31. The molecule has 44 heavy (non-hydrogen) atoms. The minimum Gasteiger partial charge on any atom is -0.495 e. The number of carbonyl (C=O) groups is 3. The number of hydrogen-bond donors (Lipinski definition) is 2. The minimum absolute atomic E-state index is 0.0184. The Morgan fingerprint density at radius 2 is 1.70 bits per heavy atom. The van der Waals surface area contributed by atoms with Crippen LogP contribution in [0.2, 0.25) is 0 Å². The number of methoxy groups -OCH3 is 1. The maximum absolute atomic E-state index is 13.3. The molecule has 2 heterocycles.